The average Bonchev–Trinajstić information content (AvgIpc) is 2.72. The molecular weight excluding hydrogens is 376 g/mol. The van der Waals surface area contributed by atoms with Gasteiger partial charge in [-0.15, -0.1) is 0 Å². The van der Waals surface area contributed by atoms with E-state index in [4.69, 9.17) is 21.7 Å². The first-order chi connectivity index (χ1) is 13.5. The van der Waals surface area contributed by atoms with E-state index in [1.807, 2.05) is 48.5 Å². The molecule has 2 aromatic carbocycles. The third kappa shape index (κ3) is 3.85. The van der Waals surface area contributed by atoms with Gasteiger partial charge in [0, 0.05) is 0 Å². The summed E-state index contributed by atoms with van der Waals surface area (Å²) in [6.45, 7) is 3.62. The third-order valence-electron chi connectivity index (χ3n) is 4.60. The van der Waals surface area contributed by atoms with Crippen LogP contribution < -0.4 is 10.1 Å². The molecule has 7 heteroatoms. The van der Waals surface area contributed by atoms with Gasteiger partial charge in [0.1, 0.15) is 5.75 Å². The van der Waals surface area contributed by atoms with Crippen molar-refractivity contribution in [3.63, 3.8) is 0 Å². The molecule has 0 spiro atoms. The standard InChI is InChI=1S/C21H22N2O4S/c1-4-27-20(24)18-13(2)23(25)21(28)22-19(18)16-7-5-6-15(12-16)14-8-10-17(26-3)11-9-14/h5-12,19,25H,4H2,1-3H3,(H,22,28). The van der Waals surface area contributed by atoms with Gasteiger partial charge in [-0.1, -0.05) is 30.3 Å². The first-order valence-electron chi connectivity index (χ1n) is 8.88. The van der Waals surface area contributed by atoms with Crippen LogP contribution in [0.4, 0.5) is 0 Å². The van der Waals surface area contributed by atoms with Gasteiger partial charge in [0.2, 0.25) is 0 Å². The Balaban J connectivity index is 2.03. The van der Waals surface area contributed by atoms with Crippen LogP contribution in [-0.2, 0) is 9.53 Å². The van der Waals surface area contributed by atoms with Gasteiger partial charge in [0.25, 0.3) is 0 Å². The molecule has 2 N–H and O–H groups in total. The van der Waals surface area contributed by atoms with Crippen molar-refractivity contribution < 1.29 is 19.5 Å². The zero-order valence-corrected chi connectivity index (χ0v) is 16.7. The molecule has 1 atom stereocenters. The molecule has 0 saturated heterocycles. The lowest BCUT2D eigenvalue weighted by atomic mass is 9.93. The smallest absolute Gasteiger partial charge is 0.338 e. The van der Waals surface area contributed by atoms with E-state index in [1.54, 1.807) is 21.0 Å². The van der Waals surface area contributed by atoms with E-state index in [2.05, 4.69) is 5.32 Å². The molecule has 1 aliphatic rings. The van der Waals surface area contributed by atoms with E-state index in [1.165, 1.54) is 0 Å². The molecule has 146 valence electrons. The van der Waals surface area contributed by atoms with Crippen LogP contribution in [0, 0.1) is 0 Å². The predicted molar refractivity (Wildman–Crippen MR) is 110 cm³/mol. The van der Waals surface area contributed by atoms with Gasteiger partial charge in [-0.05, 0) is 61.0 Å². The largest absolute Gasteiger partial charge is 0.497 e. The number of ether oxygens (including phenoxy) is 2. The number of hydrogen-bond donors (Lipinski definition) is 2. The molecule has 6 nitrogen and oxygen atoms in total. The quantitative estimate of drug-likeness (QED) is 0.586. The molecule has 2 aromatic rings. The van der Waals surface area contributed by atoms with Crippen molar-refractivity contribution in [2.24, 2.45) is 0 Å². The minimum Gasteiger partial charge on any atom is -0.497 e. The summed E-state index contributed by atoms with van der Waals surface area (Å²) >= 11 is 5.21. The SMILES string of the molecule is CCOC(=O)C1=C(C)N(O)C(=S)NC1c1cccc(-c2ccc(OC)cc2)c1. The Hall–Kier alpha value is -2.90. The van der Waals surface area contributed by atoms with E-state index in [-0.39, 0.29) is 11.7 Å². The fourth-order valence-corrected chi connectivity index (χ4v) is 3.39. The Labute approximate surface area is 169 Å². The second-order valence-corrected chi connectivity index (χ2v) is 6.65. The minimum atomic E-state index is -0.520. The normalized spacial score (nSPS) is 16.6. The maximum Gasteiger partial charge on any atom is 0.338 e. The fraction of sp³-hybridized carbons (Fsp3) is 0.238. The molecule has 0 saturated carbocycles. The van der Waals surface area contributed by atoms with Gasteiger partial charge >= 0.3 is 5.97 Å². The third-order valence-corrected chi connectivity index (χ3v) is 4.89. The molecule has 0 aromatic heterocycles. The number of allylic oxidation sites excluding steroid dienone is 1. The summed E-state index contributed by atoms with van der Waals surface area (Å²) < 4.78 is 10.4. The highest BCUT2D eigenvalue weighted by atomic mass is 32.1. The number of benzene rings is 2. The molecule has 0 bridgehead atoms. The summed E-state index contributed by atoms with van der Waals surface area (Å²) in [5.74, 6) is 0.291. The van der Waals surface area contributed by atoms with Crippen LogP contribution in [-0.4, -0.2) is 35.1 Å². The summed E-state index contributed by atoms with van der Waals surface area (Å²) in [6.07, 6.45) is 0. The van der Waals surface area contributed by atoms with E-state index < -0.39 is 12.0 Å². The number of hydroxylamine groups is 2. The van der Waals surface area contributed by atoms with Crippen molar-refractivity contribution in [3.05, 3.63) is 65.4 Å². The lowest BCUT2D eigenvalue weighted by Crippen LogP contribution is -2.46. The molecule has 28 heavy (non-hydrogen) atoms. The molecule has 0 fully saturated rings. The van der Waals surface area contributed by atoms with Gasteiger partial charge in [0.05, 0.1) is 31.0 Å². The van der Waals surface area contributed by atoms with Gasteiger partial charge in [-0.25, -0.2) is 9.86 Å². The second-order valence-electron chi connectivity index (χ2n) is 6.27. The van der Waals surface area contributed by atoms with Crippen LogP contribution in [0.15, 0.2) is 59.8 Å². The van der Waals surface area contributed by atoms with Crippen molar-refractivity contribution in [2.75, 3.05) is 13.7 Å². The lowest BCUT2D eigenvalue weighted by Gasteiger charge is -2.33. The number of nitrogens with one attached hydrogen (secondary N) is 1. The molecule has 3 rings (SSSR count). The maximum absolute atomic E-state index is 12.6. The van der Waals surface area contributed by atoms with Crippen molar-refractivity contribution in [1.82, 2.24) is 10.4 Å². The van der Waals surface area contributed by atoms with Crippen LogP contribution in [0.1, 0.15) is 25.5 Å². The van der Waals surface area contributed by atoms with E-state index in [0.717, 1.165) is 27.5 Å². The summed E-state index contributed by atoms with van der Waals surface area (Å²) in [6, 6.07) is 15.0. The predicted octanol–water partition coefficient (Wildman–Crippen LogP) is 3.82. The molecule has 0 aliphatic carbocycles. The Morgan fingerprint density at radius 3 is 2.57 bits per heavy atom. The first-order valence-corrected chi connectivity index (χ1v) is 9.28. The highest BCUT2D eigenvalue weighted by Crippen LogP contribution is 2.33. The molecule has 1 aliphatic heterocycles. The molecule has 0 amide bonds. The molecular formula is C21H22N2O4S. The van der Waals surface area contributed by atoms with E-state index >= 15 is 0 Å². The number of thiocarbonyl (C=S) groups is 1. The number of esters is 1. The number of carbonyl (C=O) groups excluding carboxylic acids is 1. The summed E-state index contributed by atoms with van der Waals surface area (Å²) in [5, 5.41) is 14.1. The van der Waals surface area contributed by atoms with Crippen LogP contribution in [0.3, 0.4) is 0 Å². The van der Waals surface area contributed by atoms with Gasteiger partial charge in [-0.2, -0.15) is 0 Å². The number of rotatable bonds is 5. The summed E-state index contributed by atoms with van der Waals surface area (Å²) in [4.78, 5) is 12.6. The second kappa shape index (κ2) is 8.41. The Morgan fingerprint density at radius 1 is 1.21 bits per heavy atom. The van der Waals surface area contributed by atoms with Crippen LogP contribution in [0.25, 0.3) is 11.1 Å². The maximum atomic E-state index is 12.6. The van der Waals surface area contributed by atoms with Crippen LogP contribution in [0.5, 0.6) is 5.75 Å². The van der Waals surface area contributed by atoms with Crippen molar-refractivity contribution in [3.8, 4) is 16.9 Å². The van der Waals surface area contributed by atoms with Crippen LogP contribution in [0.2, 0.25) is 0 Å². The highest BCUT2D eigenvalue weighted by molar-refractivity contribution is 7.80. The first kappa shape index (κ1) is 19.9. The van der Waals surface area contributed by atoms with Crippen molar-refractivity contribution >= 4 is 23.3 Å². The Morgan fingerprint density at radius 2 is 1.93 bits per heavy atom. The topological polar surface area (TPSA) is 71.0 Å². The monoisotopic (exact) mass is 398 g/mol. The van der Waals surface area contributed by atoms with Crippen LogP contribution >= 0.6 is 12.2 Å². The highest BCUT2D eigenvalue weighted by Gasteiger charge is 2.34. The average molecular weight is 398 g/mol. The van der Waals surface area contributed by atoms with Crippen molar-refractivity contribution in [1.29, 1.82) is 0 Å². The zero-order valence-electron chi connectivity index (χ0n) is 15.9. The lowest BCUT2D eigenvalue weighted by molar-refractivity contribution is -0.139. The van der Waals surface area contributed by atoms with Gasteiger partial charge in [-0.3, -0.25) is 5.21 Å². The zero-order chi connectivity index (χ0) is 20.3. The number of carbonyl (C=O) groups is 1. The Bertz CT molecular complexity index is 924. The Kier molecular flexibility index (Phi) is 5.96. The van der Waals surface area contributed by atoms with E-state index in [0.29, 0.717) is 11.3 Å². The fourth-order valence-electron chi connectivity index (χ4n) is 3.14. The van der Waals surface area contributed by atoms with Crippen molar-refractivity contribution in [2.45, 2.75) is 19.9 Å². The number of nitrogens with zero attached hydrogens (tertiary/aromatic N) is 1. The summed E-state index contributed by atoms with van der Waals surface area (Å²) in [7, 11) is 1.63. The minimum absolute atomic E-state index is 0.130. The number of methoxy groups -OCH3 is 1. The summed E-state index contributed by atoms with van der Waals surface area (Å²) in [5.41, 5.74) is 3.52. The van der Waals surface area contributed by atoms with Gasteiger partial charge < -0.3 is 14.8 Å². The van der Waals surface area contributed by atoms with E-state index in [9.17, 15) is 10.0 Å². The molecule has 1 heterocycles. The number of hydrogen-bond acceptors (Lipinski definition) is 5. The molecule has 0 radical (unpaired) electrons. The van der Waals surface area contributed by atoms with Gasteiger partial charge in [0.15, 0.2) is 5.11 Å². The molecule has 1 unspecified atom stereocenters.